The Hall–Kier alpha value is -1.82. The number of thioether (sulfide) groups is 1. The zero-order valence-corrected chi connectivity index (χ0v) is 13.4. The highest BCUT2D eigenvalue weighted by atomic mass is 35.5. The predicted octanol–water partition coefficient (Wildman–Crippen LogP) is 4.70. The van der Waals surface area contributed by atoms with Crippen molar-refractivity contribution in [1.29, 1.82) is 0 Å². The van der Waals surface area contributed by atoms with Crippen LogP contribution in [0, 0.1) is 0 Å². The summed E-state index contributed by atoms with van der Waals surface area (Å²) in [5.41, 5.74) is 1.15. The standard InChI is InChI=1S/C15H10Cl2N2O2S/c16-8-2-4-12(20)11(5-8)18-7-14-15(21)19-10-3-1-9(17)6-13(10)22-14/h1-7,18,20H,(H,19,21)/b14-7-. The lowest BCUT2D eigenvalue weighted by molar-refractivity contribution is -0.112. The average Bonchev–Trinajstić information content (AvgIpc) is 2.48. The molecule has 0 atom stereocenters. The molecular weight excluding hydrogens is 343 g/mol. The van der Waals surface area contributed by atoms with Gasteiger partial charge in [-0.15, -0.1) is 0 Å². The normalized spacial score (nSPS) is 15.4. The van der Waals surface area contributed by atoms with Crippen LogP contribution in [0.15, 0.2) is 52.4 Å². The van der Waals surface area contributed by atoms with Gasteiger partial charge in [-0.25, -0.2) is 0 Å². The molecule has 1 amide bonds. The van der Waals surface area contributed by atoms with Crippen LogP contribution >= 0.6 is 35.0 Å². The molecule has 2 aromatic rings. The molecule has 0 saturated carbocycles. The zero-order valence-electron chi connectivity index (χ0n) is 11.1. The Morgan fingerprint density at radius 1 is 1.14 bits per heavy atom. The van der Waals surface area contributed by atoms with Gasteiger partial charge in [0.15, 0.2) is 0 Å². The second-order valence-corrected chi connectivity index (χ2v) is 6.47. The van der Waals surface area contributed by atoms with Crippen molar-refractivity contribution in [2.75, 3.05) is 10.6 Å². The van der Waals surface area contributed by atoms with Crippen LogP contribution in [-0.2, 0) is 4.79 Å². The second-order valence-electron chi connectivity index (χ2n) is 4.51. The van der Waals surface area contributed by atoms with Crippen molar-refractivity contribution in [3.05, 3.63) is 57.5 Å². The summed E-state index contributed by atoms with van der Waals surface area (Å²) in [4.78, 5) is 13.4. The summed E-state index contributed by atoms with van der Waals surface area (Å²) in [5.74, 6) is -0.181. The number of anilines is 2. The van der Waals surface area contributed by atoms with E-state index in [2.05, 4.69) is 10.6 Å². The number of carbonyl (C=O) groups excluding carboxylic acids is 1. The lowest BCUT2D eigenvalue weighted by atomic mass is 10.3. The van der Waals surface area contributed by atoms with Gasteiger partial charge in [-0.2, -0.15) is 0 Å². The van der Waals surface area contributed by atoms with E-state index in [0.29, 0.717) is 20.6 Å². The van der Waals surface area contributed by atoms with E-state index in [1.807, 2.05) is 0 Å². The van der Waals surface area contributed by atoms with Crippen molar-refractivity contribution in [2.45, 2.75) is 4.90 Å². The van der Waals surface area contributed by atoms with Gasteiger partial charge in [0.25, 0.3) is 5.91 Å². The smallest absolute Gasteiger partial charge is 0.263 e. The predicted molar refractivity (Wildman–Crippen MR) is 90.8 cm³/mol. The Bertz CT molecular complexity index is 793. The molecule has 0 aliphatic carbocycles. The number of hydrogen-bond acceptors (Lipinski definition) is 4. The fourth-order valence-corrected chi connectivity index (χ4v) is 3.22. The van der Waals surface area contributed by atoms with E-state index in [0.717, 1.165) is 10.6 Å². The molecule has 0 spiro atoms. The van der Waals surface area contributed by atoms with Crippen LogP contribution in [0.25, 0.3) is 0 Å². The second kappa shape index (κ2) is 6.12. The summed E-state index contributed by atoms with van der Waals surface area (Å²) in [6.07, 6.45) is 1.52. The van der Waals surface area contributed by atoms with Crippen molar-refractivity contribution in [2.24, 2.45) is 0 Å². The Kier molecular flexibility index (Phi) is 4.20. The lowest BCUT2D eigenvalue weighted by Gasteiger charge is -2.18. The molecule has 2 aromatic carbocycles. The van der Waals surface area contributed by atoms with Crippen LogP contribution in [0.4, 0.5) is 11.4 Å². The summed E-state index contributed by atoms with van der Waals surface area (Å²) in [6.45, 7) is 0. The molecule has 112 valence electrons. The molecule has 0 aromatic heterocycles. The van der Waals surface area contributed by atoms with Gasteiger partial charge in [0.05, 0.1) is 16.3 Å². The maximum atomic E-state index is 12.1. The number of benzene rings is 2. The fraction of sp³-hybridized carbons (Fsp3) is 0. The number of halogens is 2. The quantitative estimate of drug-likeness (QED) is 0.541. The summed E-state index contributed by atoms with van der Waals surface area (Å²) in [7, 11) is 0. The molecule has 0 unspecified atom stereocenters. The van der Waals surface area contributed by atoms with Gasteiger partial charge in [0.2, 0.25) is 0 Å². The summed E-state index contributed by atoms with van der Waals surface area (Å²) >= 11 is 13.1. The van der Waals surface area contributed by atoms with Crippen LogP contribution < -0.4 is 10.6 Å². The topological polar surface area (TPSA) is 61.4 Å². The fourth-order valence-electron chi connectivity index (χ4n) is 1.89. The third-order valence-corrected chi connectivity index (χ3v) is 4.50. The number of rotatable bonds is 2. The first kappa shape index (κ1) is 15.1. The van der Waals surface area contributed by atoms with Crippen LogP contribution in [0.3, 0.4) is 0 Å². The Morgan fingerprint density at radius 2 is 1.86 bits per heavy atom. The van der Waals surface area contributed by atoms with Gasteiger partial charge < -0.3 is 15.7 Å². The highest BCUT2D eigenvalue weighted by molar-refractivity contribution is 8.04. The minimum absolute atomic E-state index is 0.0471. The third kappa shape index (κ3) is 3.16. The number of amides is 1. The SMILES string of the molecule is O=C1Nc2ccc(Cl)cc2S/C1=C\Nc1cc(Cl)ccc1O. The van der Waals surface area contributed by atoms with Crippen LogP contribution in [-0.4, -0.2) is 11.0 Å². The zero-order chi connectivity index (χ0) is 15.7. The van der Waals surface area contributed by atoms with Crippen LogP contribution in [0.5, 0.6) is 5.75 Å². The van der Waals surface area contributed by atoms with Crippen molar-refractivity contribution < 1.29 is 9.90 Å². The molecule has 0 bridgehead atoms. The van der Waals surface area contributed by atoms with Gasteiger partial charge in [-0.3, -0.25) is 4.79 Å². The van der Waals surface area contributed by atoms with E-state index in [1.165, 1.54) is 24.0 Å². The number of phenolic OH excluding ortho intramolecular Hbond substituents is 1. The summed E-state index contributed by atoms with van der Waals surface area (Å²) in [5, 5.41) is 16.5. The van der Waals surface area contributed by atoms with Crippen molar-refractivity contribution >= 4 is 52.2 Å². The van der Waals surface area contributed by atoms with E-state index >= 15 is 0 Å². The number of carbonyl (C=O) groups is 1. The van der Waals surface area contributed by atoms with E-state index in [1.54, 1.807) is 30.3 Å². The van der Waals surface area contributed by atoms with E-state index in [-0.39, 0.29) is 11.7 Å². The average molecular weight is 353 g/mol. The Labute approximate surface area is 141 Å². The largest absolute Gasteiger partial charge is 0.506 e. The molecule has 3 N–H and O–H groups in total. The van der Waals surface area contributed by atoms with Gasteiger partial charge in [0, 0.05) is 21.1 Å². The molecule has 1 aliphatic heterocycles. The number of fused-ring (bicyclic) bond motifs is 1. The first-order valence-electron chi connectivity index (χ1n) is 6.27. The highest BCUT2D eigenvalue weighted by Crippen LogP contribution is 2.39. The van der Waals surface area contributed by atoms with Crippen molar-refractivity contribution in [3.8, 4) is 5.75 Å². The van der Waals surface area contributed by atoms with E-state index < -0.39 is 0 Å². The van der Waals surface area contributed by atoms with Gasteiger partial charge in [-0.1, -0.05) is 35.0 Å². The minimum Gasteiger partial charge on any atom is -0.506 e. The third-order valence-electron chi connectivity index (χ3n) is 2.95. The first-order chi connectivity index (χ1) is 10.5. The highest BCUT2D eigenvalue weighted by Gasteiger charge is 2.21. The van der Waals surface area contributed by atoms with Crippen LogP contribution in [0.1, 0.15) is 0 Å². The molecule has 1 heterocycles. The monoisotopic (exact) mass is 352 g/mol. The molecule has 0 fully saturated rings. The van der Waals surface area contributed by atoms with Crippen molar-refractivity contribution in [1.82, 2.24) is 0 Å². The Morgan fingerprint density at radius 3 is 2.68 bits per heavy atom. The molecule has 0 radical (unpaired) electrons. The van der Waals surface area contributed by atoms with Gasteiger partial charge >= 0.3 is 0 Å². The molecular formula is C15H10Cl2N2O2S. The molecule has 0 saturated heterocycles. The summed E-state index contributed by atoms with van der Waals surface area (Å²) in [6, 6.07) is 9.89. The van der Waals surface area contributed by atoms with Gasteiger partial charge in [0.1, 0.15) is 5.75 Å². The Balaban J connectivity index is 1.85. The van der Waals surface area contributed by atoms with Gasteiger partial charge in [-0.05, 0) is 36.4 Å². The molecule has 1 aliphatic rings. The summed E-state index contributed by atoms with van der Waals surface area (Å²) < 4.78 is 0. The number of hydrogen-bond donors (Lipinski definition) is 3. The number of phenols is 1. The van der Waals surface area contributed by atoms with E-state index in [9.17, 15) is 9.90 Å². The molecule has 22 heavy (non-hydrogen) atoms. The first-order valence-corrected chi connectivity index (χ1v) is 7.84. The van der Waals surface area contributed by atoms with E-state index in [4.69, 9.17) is 23.2 Å². The van der Waals surface area contributed by atoms with Crippen LogP contribution in [0.2, 0.25) is 10.0 Å². The van der Waals surface area contributed by atoms with Crippen molar-refractivity contribution in [3.63, 3.8) is 0 Å². The molecule has 4 nitrogen and oxygen atoms in total. The minimum atomic E-state index is -0.228. The maximum Gasteiger partial charge on any atom is 0.263 e. The maximum absolute atomic E-state index is 12.1. The molecule has 3 rings (SSSR count). The number of nitrogens with one attached hydrogen (secondary N) is 2. The lowest BCUT2D eigenvalue weighted by Crippen LogP contribution is -2.18. The number of aromatic hydroxyl groups is 1. The molecule has 7 heteroatoms.